The highest BCUT2D eigenvalue weighted by Crippen LogP contribution is 2.32. The molecule has 2 aromatic carbocycles. The van der Waals surface area contributed by atoms with Crippen LogP contribution in [0.4, 0.5) is 0 Å². The molecule has 0 saturated carbocycles. The van der Waals surface area contributed by atoms with Crippen molar-refractivity contribution in [2.24, 2.45) is 10.1 Å². The van der Waals surface area contributed by atoms with Crippen LogP contribution in [-0.2, 0) is 0 Å². The number of rotatable bonds is 3. The lowest BCUT2D eigenvalue weighted by Crippen LogP contribution is -2.40. The minimum atomic E-state index is -0.154. The number of hydrazone groups is 1. The van der Waals surface area contributed by atoms with Gasteiger partial charge in [0, 0.05) is 18.5 Å². The van der Waals surface area contributed by atoms with Crippen LogP contribution in [-0.4, -0.2) is 36.1 Å². The summed E-state index contributed by atoms with van der Waals surface area (Å²) < 4.78 is 0. The molecule has 0 bridgehead atoms. The molecule has 0 saturated heterocycles. The van der Waals surface area contributed by atoms with E-state index in [1.165, 1.54) is 0 Å². The highest BCUT2D eigenvalue weighted by atomic mass is 16.1. The van der Waals surface area contributed by atoms with Crippen molar-refractivity contribution in [2.45, 2.75) is 19.4 Å². The lowest BCUT2D eigenvalue weighted by molar-refractivity contribution is 0.0948. The average molecular weight is 332 g/mol. The van der Waals surface area contributed by atoms with E-state index < -0.39 is 0 Å². The van der Waals surface area contributed by atoms with Crippen molar-refractivity contribution in [1.29, 1.82) is 0 Å². The second-order valence-electron chi connectivity index (χ2n) is 6.36. The number of Topliss-reactive ketones (excluding diaryl/α,β-unsaturated/α-hetero) is 1. The quantitative estimate of drug-likeness (QED) is 0.879. The van der Waals surface area contributed by atoms with Crippen LogP contribution in [0.3, 0.4) is 0 Å². The lowest BCUT2D eigenvalue weighted by Gasteiger charge is -2.32. The van der Waals surface area contributed by atoms with Crippen molar-refractivity contribution in [3.63, 3.8) is 0 Å². The summed E-state index contributed by atoms with van der Waals surface area (Å²) in [5.41, 5.74) is 3.99. The fraction of sp³-hybridized carbons (Fsp3) is 0.250. The summed E-state index contributed by atoms with van der Waals surface area (Å²) in [5, 5.41) is 9.67. The molecule has 2 aromatic rings. The molecule has 4 rings (SSSR count). The largest absolute Gasteiger partial charge is 0.353 e. The molecule has 2 aliphatic rings. The number of nitrogens with one attached hydrogen (secondary N) is 1. The molecule has 0 spiro atoms. The Labute approximate surface area is 147 Å². The van der Waals surface area contributed by atoms with Gasteiger partial charge >= 0.3 is 0 Å². The monoisotopic (exact) mass is 332 g/mol. The Hall–Kier alpha value is -2.95. The highest BCUT2D eigenvalue weighted by Gasteiger charge is 2.31. The van der Waals surface area contributed by atoms with Gasteiger partial charge in [-0.15, -0.1) is 0 Å². The van der Waals surface area contributed by atoms with Crippen LogP contribution >= 0.6 is 0 Å². The Kier molecular flexibility index (Phi) is 4.06. The predicted molar refractivity (Wildman–Crippen MR) is 99.0 cm³/mol. The van der Waals surface area contributed by atoms with Crippen LogP contribution in [0.15, 0.2) is 58.6 Å². The number of carbonyl (C=O) groups excluding carboxylic acids is 1. The lowest BCUT2D eigenvalue weighted by atomic mass is 9.93. The number of fused-ring (bicyclic) bond motifs is 1. The maximum absolute atomic E-state index is 12.9. The van der Waals surface area contributed by atoms with Gasteiger partial charge in [0.15, 0.2) is 5.78 Å². The maximum atomic E-state index is 12.9. The normalized spacial score (nSPS) is 18.5. The summed E-state index contributed by atoms with van der Waals surface area (Å²) in [7, 11) is 0. The topological polar surface area (TPSA) is 57.1 Å². The first-order valence-corrected chi connectivity index (χ1v) is 8.53. The zero-order valence-corrected chi connectivity index (χ0v) is 14.1. The van der Waals surface area contributed by atoms with E-state index in [9.17, 15) is 4.79 Å². The second-order valence-corrected chi connectivity index (χ2v) is 6.36. The summed E-state index contributed by atoms with van der Waals surface area (Å²) in [6, 6.07) is 15.7. The molecule has 0 radical (unpaired) electrons. The molecule has 2 aliphatic heterocycles. The number of hydrogen-bond donors (Lipinski definition) is 1. The summed E-state index contributed by atoms with van der Waals surface area (Å²) in [4.78, 5) is 17.4. The number of nitrogens with zero attached hydrogens (tertiary/aromatic N) is 3. The van der Waals surface area contributed by atoms with Crippen LogP contribution < -0.4 is 5.32 Å². The molecular formula is C20H20N4O. The van der Waals surface area contributed by atoms with Crippen molar-refractivity contribution in [1.82, 2.24) is 10.3 Å². The fourth-order valence-corrected chi connectivity index (χ4v) is 3.32. The van der Waals surface area contributed by atoms with Crippen molar-refractivity contribution < 1.29 is 4.79 Å². The number of hydrogen-bond acceptors (Lipinski definition) is 5. The number of benzene rings is 2. The highest BCUT2D eigenvalue weighted by molar-refractivity contribution is 5.98. The van der Waals surface area contributed by atoms with E-state index in [-0.39, 0.29) is 11.8 Å². The number of aliphatic imine (C=N–C) groups is 1. The molecule has 0 amide bonds. The van der Waals surface area contributed by atoms with Gasteiger partial charge in [-0.3, -0.25) is 4.79 Å². The van der Waals surface area contributed by atoms with Gasteiger partial charge in [-0.2, -0.15) is 5.10 Å². The molecule has 5 nitrogen and oxygen atoms in total. The van der Waals surface area contributed by atoms with Crippen LogP contribution in [0.5, 0.6) is 0 Å². The average Bonchev–Trinajstić information content (AvgIpc) is 3.16. The van der Waals surface area contributed by atoms with Gasteiger partial charge < -0.3 is 5.32 Å². The van der Waals surface area contributed by atoms with E-state index in [1.54, 1.807) is 0 Å². The van der Waals surface area contributed by atoms with Crippen molar-refractivity contribution in [3.8, 4) is 0 Å². The molecular weight excluding hydrogens is 312 g/mol. The Morgan fingerprint density at radius 2 is 2.12 bits per heavy atom. The van der Waals surface area contributed by atoms with E-state index in [0.717, 1.165) is 41.3 Å². The third-order valence-corrected chi connectivity index (χ3v) is 4.56. The van der Waals surface area contributed by atoms with E-state index in [2.05, 4.69) is 21.5 Å². The molecule has 1 N–H and O–H groups in total. The van der Waals surface area contributed by atoms with E-state index in [4.69, 9.17) is 0 Å². The first-order chi connectivity index (χ1) is 12.2. The summed E-state index contributed by atoms with van der Waals surface area (Å²) in [6.07, 6.45) is 2.20. The molecule has 5 heteroatoms. The molecule has 25 heavy (non-hydrogen) atoms. The first-order valence-electron chi connectivity index (χ1n) is 8.53. The molecule has 1 unspecified atom stereocenters. The predicted octanol–water partition coefficient (Wildman–Crippen LogP) is 2.92. The van der Waals surface area contributed by atoms with Gasteiger partial charge in [0.2, 0.25) is 5.96 Å². The minimum Gasteiger partial charge on any atom is -0.353 e. The summed E-state index contributed by atoms with van der Waals surface area (Å²) in [6.45, 7) is 3.55. The Morgan fingerprint density at radius 1 is 1.24 bits per heavy atom. The van der Waals surface area contributed by atoms with Crippen molar-refractivity contribution in [3.05, 3.63) is 70.8 Å². The van der Waals surface area contributed by atoms with Gasteiger partial charge in [-0.25, -0.2) is 10.0 Å². The van der Waals surface area contributed by atoms with Gasteiger partial charge in [0.25, 0.3) is 0 Å². The molecule has 1 atom stereocenters. The zero-order chi connectivity index (χ0) is 17.2. The van der Waals surface area contributed by atoms with Crippen LogP contribution in [0, 0.1) is 6.92 Å². The molecule has 0 aromatic heterocycles. The Balaban J connectivity index is 1.67. The van der Waals surface area contributed by atoms with E-state index in [0.29, 0.717) is 6.42 Å². The Bertz CT molecular complexity index is 872. The third kappa shape index (κ3) is 3.05. The molecule has 0 fully saturated rings. The first kappa shape index (κ1) is 15.6. The second kappa shape index (κ2) is 6.51. The van der Waals surface area contributed by atoms with Gasteiger partial charge in [-0.05, 0) is 24.1 Å². The third-order valence-electron chi connectivity index (χ3n) is 4.56. The smallest absolute Gasteiger partial charge is 0.215 e. The number of aryl methyl sites for hydroxylation is 1. The standard InChI is InChI=1S/C20H20N4O/c1-14-5-4-7-15(11-14)19(25)12-18-17-8-3-2-6-16(17)13-23-24(18)20-21-9-10-22-20/h2-8,11,13,18H,9-10,12H2,1H3,(H,21,22). The SMILES string of the molecule is Cc1cccc(C(=O)CC2c3ccccc3C=NN2C2=NCCN2)c1. The van der Waals surface area contributed by atoms with Gasteiger partial charge in [-0.1, -0.05) is 48.0 Å². The number of carbonyl (C=O) groups is 1. The van der Waals surface area contributed by atoms with E-state index >= 15 is 0 Å². The summed E-state index contributed by atoms with van der Waals surface area (Å²) in [5.74, 6) is 0.858. The van der Waals surface area contributed by atoms with Crippen molar-refractivity contribution in [2.75, 3.05) is 13.1 Å². The van der Waals surface area contributed by atoms with E-state index in [1.807, 2.05) is 60.6 Å². The fourth-order valence-electron chi connectivity index (χ4n) is 3.32. The van der Waals surface area contributed by atoms with Crippen LogP contribution in [0.2, 0.25) is 0 Å². The van der Waals surface area contributed by atoms with Crippen molar-refractivity contribution >= 4 is 18.0 Å². The minimum absolute atomic E-state index is 0.115. The molecule has 0 aliphatic carbocycles. The maximum Gasteiger partial charge on any atom is 0.215 e. The van der Waals surface area contributed by atoms with Crippen LogP contribution in [0.1, 0.15) is 39.5 Å². The molecule has 2 heterocycles. The van der Waals surface area contributed by atoms with Crippen LogP contribution in [0.25, 0.3) is 0 Å². The summed E-state index contributed by atoms with van der Waals surface area (Å²) >= 11 is 0. The zero-order valence-electron chi connectivity index (χ0n) is 14.1. The van der Waals surface area contributed by atoms with Gasteiger partial charge in [0.05, 0.1) is 18.8 Å². The number of ketones is 1. The molecule has 126 valence electrons. The van der Waals surface area contributed by atoms with Gasteiger partial charge in [0.1, 0.15) is 0 Å². The Morgan fingerprint density at radius 3 is 2.92 bits per heavy atom. The number of guanidine groups is 1.